The summed E-state index contributed by atoms with van der Waals surface area (Å²) in [7, 11) is -3.59. The van der Waals surface area contributed by atoms with Crippen LogP contribution in [-0.4, -0.2) is 19.3 Å². The molecule has 0 radical (unpaired) electrons. The number of aromatic nitrogens is 1. The Morgan fingerprint density at radius 3 is 2.73 bits per heavy atom. The van der Waals surface area contributed by atoms with Crippen LogP contribution in [0.5, 0.6) is 0 Å². The van der Waals surface area contributed by atoms with Crippen LogP contribution >= 0.6 is 0 Å². The number of sulfonamides is 1. The Hall–Kier alpha value is -2.80. The molecule has 1 amide bonds. The molecule has 1 aromatic heterocycles. The van der Waals surface area contributed by atoms with Gasteiger partial charge < -0.3 is 10.3 Å². The van der Waals surface area contributed by atoms with Crippen molar-refractivity contribution < 1.29 is 13.2 Å². The van der Waals surface area contributed by atoms with Gasteiger partial charge in [-0.3, -0.25) is 9.52 Å². The van der Waals surface area contributed by atoms with E-state index in [1.165, 1.54) is 0 Å². The summed E-state index contributed by atoms with van der Waals surface area (Å²) in [6, 6.07) is 8.52. The number of amides is 1. The van der Waals surface area contributed by atoms with E-state index in [4.69, 9.17) is 0 Å². The van der Waals surface area contributed by atoms with Crippen LogP contribution in [0.1, 0.15) is 11.3 Å². The minimum atomic E-state index is -3.59. The van der Waals surface area contributed by atoms with Gasteiger partial charge in [0.1, 0.15) is 0 Å². The van der Waals surface area contributed by atoms with Gasteiger partial charge in [0.05, 0.1) is 5.57 Å². The van der Waals surface area contributed by atoms with E-state index < -0.39 is 10.0 Å². The molecule has 1 aliphatic rings. The number of rotatable bonds is 4. The van der Waals surface area contributed by atoms with Gasteiger partial charge in [-0.25, -0.2) is 8.42 Å². The highest BCUT2D eigenvalue weighted by molar-refractivity contribution is 7.95. The predicted octanol–water partition coefficient (Wildman–Crippen LogP) is 2.39. The van der Waals surface area contributed by atoms with E-state index in [1.807, 2.05) is 12.1 Å². The van der Waals surface area contributed by atoms with Crippen LogP contribution in [-0.2, 0) is 14.8 Å². The number of carbonyl (C=O) groups excluding carboxylic acids is 1. The standard InChI is InChI=1S/C15H13N3O3S/c1-2-22(20,21)18-11-5-6-14-12(9-11)13(15(19)17-14)8-10-4-3-7-16-10/h2-9,16,18H,1H2,(H,17,19)/b13-8-. The Bertz CT molecular complexity index is 881. The van der Waals surface area contributed by atoms with Crippen LogP contribution in [0.15, 0.2) is 48.5 Å². The molecule has 0 bridgehead atoms. The van der Waals surface area contributed by atoms with E-state index in [2.05, 4.69) is 21.6 Å². The second-order valence-corrected chi connectivity index (χ2v) is 6.34. The van der Waals surface area contributed by atoms with Gasteiger partial charge in [-0.15, -0.1) is 0 Å². The molecule has 1 aromatic carbocycles. The van der Waals surface area contributed by atoms with Crippen LogP contribution in [0, 0.1) is 0 Å². The Balaban J connectivity index is 2.03. The fourth-order valence-corrected chi connectivity index (χ4v) is 2.73. The average molecular weight is 315 g/mol. The van der Waals surface area contributed by atoms with E-state index in [1.54, 1.807) is 30.5 Å². The number of carbonyl (C=O) groups is 1. The lowest BCUT2D eigenvalue weighted by Crippen LogP contribution is -2.08. The maximum absolute atomic E-state index is 12.1. The SMILES string of the molecule is C=CS(=O)(=O)Nc1ccc2c(c1)/C(=C/c1ccc[nH]1)C(=O)N2. The fourth-order valence-electron chi connectivity index (χ4n) is 2.19. The number of H-pyrrole nitrogens is 1. The molecule has 0 atom stereocenters. The van der Waals surface area contributed by atoms with Gasteiger partial charge in [0.25, 0.3) is 15.9 Å². The normalized spacial score (nSPS) is 15.5. The highest BCUT2D eigenvalue weighted by Crippen LogP contribution is 2.35. The fraction of sp³-hybridized carbons (Fsp3) is 0. The Morgan fingerprint density at radius 2 is 2.05 bits per heavy atom. The summed E-state index contributed by atoms with van der Waals surface area (Å²) >= 11 is 0. The number of benzene rings is 1. The van der Waals surface area contributed by atoms with Crippen molar-refractivity contribution in [1.29, 1.82) is 0 Å². The van der Waals surface area contributed by atoms with Crippen molar-refractivity contribution in [2.45, 2.75) is 0 Å². The molecular formula is C15H13N3O3S. The molecule has 2 heterocycles. The topological polar surface area (TPSA) is 91.1 Å². The average Bonchev–Trinajstić information content (AvgIpc) is 3.08. The maximum Gasteiger partial charge on any atom is 0.256 e. The third-order valence-electron chi connectivity index (χ3n) is 3.20. The van der Waals surface area contributed by atoms with E-state index in [-0.39, 0.29) is 5.91 Å². The summed E-state index contributed by atoms with van der Waals surface area (Å²) in [5.74, 6) is -0.228. The first-order valence-corrected chi connectivity index (χ1v) is 7.99. The van der Waals surface area contributed by atoms with Crippen molar-refractivity contribution >= 4 is 39.0 Å². The summed E-state index contributed by atoms with van der Waals surface area (Å²) in [5.41, 5.74) is 2.91. The lowest BCUT2D eigenvalue weighted by Gasteiger charge is -2.06. The summed E-state index contributed by atoms with van der Waals surface area (Å²) in [5, 5.41) is 3.58. The molecule has 0 aliphatic carbocycles. The zero-order valence-corrected chi connectivity index (χ0v) is 12.3. The van der Waals surface area contributed by atoms with E-state index in [0.29, 0.717) is 22.5 Å². The monoisotopic (exact) mass is 315 g/mol. The van der Waals surface area contributed by atoms with Crippen LogP contribution in [0.4, 0.5) is 11.4 Å². The molecule has 0 spiro atoms. The van der Waals surface area contributed by atoms with Crippen LogP contribution < -0.4 is 10.0 Å². The molecule has 3 rings (SSSR count). The Labute approximate surface area is 127 Å². The summed E-state index contributed by atoms with van der Waals surface area (Å²) in [6.07, 6.45) is 3.47. The van der Waals surface area contributed by atoms with Crippen LogP contribution in [0.3, 0.4) is 0 Å². The largest absolute Gasteiger partial charge is 0.362 e. The first-order chi connectivity index (χ1) is 10.5. The van der Waals surface area contributed by atoms with Gasteiger partial charge in [0.15, 0.2) is 0 Å². The molecular weight excluding hydrogens is 302 g/mol. The van der Waals surface area contributed by atoms with E-state index in [0.717, 1.165) is 11.1 Å². The smallest absolute Gasteiger partial charge is 0.256 e. The van der Waals surface area contributed by atoms with E-state index in [9.17, 15) is 13.2 Å². The predicted molar refractivity (Wildman–Crippen MR) is 86.5 cm³/mol. The van der Waals surface area contributed by atoms with Crippen molar-refractivity contribution in [2.75, 3.05) is 10.0 Å². The first-order valence-electron chi connectivity index (χ1n) is 6.44. The minimum absolute atomic E-state index is 0.228. The van der Waals surface area contributed by atoms with Gasteiger partial charge in [0, 0.05) is 34.2 Å². The highest BCUT2D eigenvalue weighted by Gasteiger charge is 2.24. The summed E-state index contributed by atoms with van der Waals surface area (Å²) < 4.78 is 25.5. The van der Waals surface area contributed by atoms with Gasteiger partial charge >= 0.3 is 0 Å². The van der Waals surface area contributed by atoms with Gasteiger partial charge in [-0.1, -0.05) is 6.58 Å². The summed E-state index contributed by atoms with van der Waals surface area (Å²) in [4.78, 5) is 15.1. The minimum Gasteiger partial charge on any atom is -0.362 e. The molecule has 7 heteroatoms. The molecule has 1 aliphatic heterocycles. The molecule has 2 aromatic rings. The second kappa shape index (κ2) is 5.19. The Morgan fingerprint density at radius 1 is 1.23 bits per heavy atom. The zero-order chi connectivity index (χ0) is 15.7. The van der Waals surface area contributed by atoms with Crippen LogP contribution in [0.25, 0.3) is 11.6 Å². The molecule has 0 saturated heterocycles. The molecule has 3 N–H and O–H groups in total. The third kappa shape index (κ3) is 2.66. The van der Waals surface area contributed by atoms with Crippen molar-refractivity contribution in [3.8, 4) is 0 Å². The van der Waals surface area contributed by atoms with Crippen molar-refractivity contribution in [3.05, 3.63) is 59.8 Å². The first kappa shape index (κ1) is 14.2. The Kier molecular flexibility index (Phi) is 3.34. The van der Waals surface area contributed by atoms with Crippen molar-refractivity contribution in [1.82, 2.24) is 4.98 Å². The van der Waals surface area contributed by atoms with Gasteiger partial charge in [0.2, 0.25) is 0 Å². The molecule has 0 unspecified atom stereocenters. The molecule has 0 saturated carbocycles. The van der Waals surface area contributed by atoms with E-state index >= 15 is 0 Å². The number of hydrogen-bond donors (Lipinski definition) is 3. The van der Waals surface area contributed by atoms with Crippen LogP contribution in [0.2, 0.25) is 0 Å². The number of fused-ring (bicyclic) bond motifs is 1. The maximum atomic E-state index is 12.1. The highest BCUT2D eigenvalue weighted by atomic mass is 32.2. The summed E-state index contributed by atoms with van der Waals surface area (Å²) in [6.45, 7) is 3.25. The number of nitrogens with one attached hydrogen (secondary N) is 3. The lowest BCUT2D eigenvalue weighted by molar-refractivity contribution is -0.110. The molecule has 112 valence electrons. The zero-order valence-electron chi connectivity index (χ0n) is 11.5. The number of aromatic amines is 1. The molecule has 0 fully saturated rings. The molecule has 6 nitrogen and oxygen atoms in total. The third-order valence-corrected chi connectivity index (χ3v) is 4.16. The lowest BCUT2D eigenvalue weighted by atomic mass is 10.1. The number of hydrogen-bond acceptors (Lipinski definition) is 3. The van der Waals surface area contributed by atoms with Gasteiger partial charge in [-0.05, 0) is 36.4 Å². The van der Waals surface area contributed by atoms with Crippen molar-refractivity contribution in [3.63, 3.8) is 0 Å². The molecule has 22 heavy (non-hydrogen) atoms. The quantitative estimate of drug-likeness (QED) is 0.757. The van der Waals surface area contributed by atoms with Gasteiger partial charge in [-0.2, -0.15) is 0 Å². The number of anilines is 2. The van der Waals surface area contributed by atoms with Crippen molar-refractivity contribution in [2.24, 2.45) is 0 Å². The second-order valence-electron chi connectivity index (χ2n) is 4.71.